The molecule has 0 atom stereocenters. The van der Waals surface area contributed by atoms with Crippen molar-refractivity contribution < 1.29 is 39.0 Å². The van der Waals surface area contributed by atoms with Crippen LogP contribution in [0.4, 0.5) is 0 Å². The highest BCUT2D eigenvalue weighted by atomic mass is 16.4. The van der Waals surface area contributed by atoms with Crippen molar-refractivity contribution in [3.05, 3.63) is 0 Å². The SMILES string of the molecule is CCC(=O)N1C(C)(C)CC(N(CCCCCCN(C(=O)CCCCCCCC(=O)O)C2CC(C)(C)N(C(=O)CC)C(C)(C)C2)C(=O)CCCCCCCC(=O)O)CC1(C)C. The van der Waals surface area contributed by atoms with Crippen molar-refractivity contribution in [3.8, 4) is 0 Å². The molecular weight excluding hydrogens is 761 g/mol. The summed E-state index contributed by atoms with van der Waals surface area (Å²) < 4.78 is 0. The number of piperidine rings is 2. The Labute approximate surface area is 363 Å². The molecule has 0 bridgehead atoms. The van der Waals surface area contributed by atoms with Gasteiger partial charge in [-0.1, -0.05) is 65.2 Å². The van der Waals surface area contributed by atoms with E-state index in [4.69, 9.17) is 10.2 Å². The van der Waals surface area contributed by atoms with Gasteiger partial charge in [0.2, 0.25) is 23.6 Å². The first-order valence-corrected chi connectivity index (χ1v) is 23.7. The highest BCUT2D eigenvalue weighted by Gasteiger charge is 2.50. The molecule has 0 saturated carbocycles. The topological polar surface area (TPSA) is 156 Å². The first-order valence-electron chi connectivity index (χ1n) is 23.7. The normalized spacial score (nSPS) is 18.6. The molecule has 2 saturated heterocycles. The number of hydrogen-bond acceptors (Lipinski definition) is 6. The first-order chi connectivity index (χ1) is 28.0. The van der Waals surface area contributed by atoms with Gasteiger partial charge in [-0.3, -0.25) is 28.8 Å². The second kappa shape index (κ2) is 24.5. The highest BCUT2D eigenvalue weighted by molar-refractivity contribution is 5.79. The van der Waals surface area contributed by atoms with Crippen molar-refractivity contribution in [3.63, 3.8) is 0 Å². The molecule has 4 amide bonds. The second-order valence-electron chi connectivity index (χ2n) is 20.5. The molecule has 0 aliphatic carbocycles. The smallest absolute Gasteiger partial charge is 0.303 e. The van der Waals surface area contributed by atoms with Crippen LogP contribution in [-0.4, -0.2) is 113 Å². The summed E-state index contributed by atoms with van der Waals surface area (Å²) in [5, 5.41) is 17.9. The van der Waals surface area contributed by atoms with E-state index in [0.717, 1.165) is 103 Å². The average Bonchev–Trinajstić information content (AvgIpc) is 3.12. The van der Waals surface area contributed by atoms with E-state index in [2.05, 4.69) is 65.2 Å². The number of unbranched alkanes of at least 4 members (excludes halogenated alkanes) is 11. The van der Waals surface area contributed by atoms with E-state index in [9.17, 15) is 28.8 Å². The minimum atomic E-state index is -0.770. The molecule has 12 nitrogen and oxygen atoms in total. The quantitative estimate of drug-likeness (QED) is 0.0775. The van der Waals surface area contributed by atoms with E-state index in [-0.39, 0.29) is 48.6 Å². The van der Waals surface area contributed by atoms with Gasteiger partial charge in [-0.2, -0.15) is 0 Å². The molecule has 2 rings (SSSR count). The molecule has 0 spiro atoms. The summed E-state index contributed by atoms with van der Waals surface area (Å²) in [6, 6.07) is 0.0304. The Morgan fingerprint density at radius 2 is 0.683 bits per heavy atom. The van der Waals surface area contributed by atoms with Gasteiger partial charge >= 0.3 is 11.9 Å². The number of amides is 4. The number of aliphatic carboxylic acids is 2. The molecule has 0 radical (unpaired) electrons. The maximum Gasteiger partial charge on any atom is 0.303 e. The van der Waals surface area contributed by atoms with Crippen LogP contribution >= 0.6 is 0 Å². The Morgan fingerprint density at radius 3 is 0.950 bits per heavy atom. The van der Waals surface area contributed by atoms with Crippen LogP contribution in [0.5, 0.6) is 0 Å². The fourth-order valence-electron chi connectivity index (χ4n) is 11.0. The third kappa shape index (κ3) is 16.6. The molecule has 0 unspecified atom stereocenters. The fraction of sp³-hybridized carbons (Fsp3) is 0.875. The zero-order valence-corrected chi connectivity index (χ0v) is 39.7. The fourth-order valence-corrected chi connectivity index (χ4v) is 11.0. The summed E-state index contributed by atoms with van der Waals surface area (Å²) in [7, 11) is 0. The molecule has 2 heterocycles. The summed E-state index contributed by atoms with van der Waals surface area (Å²) in [5.41, 5.74) is -1.60. The van der Waals surface area contributed by atoms with Crippen LogP contribution in [0.2, 0.25) is 0 Å². The van der Waals surface area contributed by atoms with Gasteiger partial charge in [-0.25, -0.2) is 0 Å². The Morgan fingerprint density at radius 1 is 0.433 bits per heavy atom. The monoisotopic (exact) mass is 847 g/mol. The molecular formula is C48H86N4O8. The number of hydrogen-bond donors (Lipinski definition) is 2. The number of nitrogens with zero attached hydrogens (tertiary/aromatic N) is 4. The lowest BCUT2D eigenvalue weighted by Gasteiger charge is -2.57. The zero-order chi connectivity index (χ0) is 45.3. The van der Waals surface area contributed by atoms with E-state index >= 15 is 0 Å². The molecule has 0 aromatic carbocycles. The van der Waals surface area contributed by atoms with E-state index in [1.54, 1.807) is 0 Å². The van der Waals surface area contributed by atoms with Crippen LogP contribution in [0.3, 0.4) is 0 Å². The van der Waals surface area contributed by atoms with Crippen LogP contribution in [0.1, 0.15) is 223 Å². The van der Waals surface area contributed by atoms with Gasteiger partial charge in [0.05, 0.1) is 0 Å². The van der Waals surface area contributed by atoms with E-state index < -0.39 is 34.1 Å². The van der Waals surface area contributed by atoms with Crippen LogP contribution in [-0.2, 0) is 28.8 Å². The molecule has 2 fully saturated rings. The Bertz CT molecular complexity index is 1270. The molecule has 0 aromatic heterocycles. The molecule has 0 aromatic rings. The standard InChI is InChI=1S/C48H86N4O8/c1-11-39(53)51-45(3,4)33-37(34-46(51,5)6)49(41(55)27-21-15-13-17-23-29-43(57)58)31-25-19-20-26-32-50(42(56)28-22-16-14-18-24-30-44(59)60)38-35-47(7,8)52(40(54)12-2)48(9,10)36-38/h37-38H,11-36H2,1-10H3,(H,57,58)(H,59,60). The van der Waals surface area contributed by atoms with E-state index in [1.165, 1.54) is 0 Å². The average molecular weight is 847 g/mol. The molecule has 2 aliphatic rings. The van der Waals surface area contributed by atoms with Crippen molar-refractivity contribution in [1.29, 1.82) is 0 Å². The van der Waals surface area contributed by atoms with Crippen molar-refractivity contribution in [2.24, 2.45) is 0 Å². The van der Waals surface area contributed by atoms with Crippen LogP contribution in [0, 0.1) is 0 Å². The Kier molecular flexibility index (Phi) is 21.6. The molecule has 2 N–H and O–H groups in total. The van der Waals surface area contributed by atoms with Crippen LogP contribution in [0.25, 0.3) is 0 Å². The Balaban J connectivity index is 2.14. The maximum atomic E-state index is 14.0. The van der Waals surface area contributed by atoms with Gasteiger partial charge in [-0.15, -0.1) is 0 Å². The number of carboxylic acid groups (broad SMARTS) is 2. The van der Waals surface area contributed by atoms with Crippen molar-refractivity contribution >= 4 is 35.6 Å². The van der Waals surface area contributed by atoms with Gasteiger partial charge in [0.1, 0.15) is 0 Å². The number of carbonyl (C=O) groups is 6. The predicted octanol–water partition coefficient (Wildman–Crippen LogP) is 9.75. The third-order valence-corrected chi connectivity index (χ3v) is 13.1. The first kappa shape index (κ1) is 53.0. The lowest BCUT2D eigenvalue weighted by atomic mass is 9.75. The van der Waals surface area contributed by atoms with Gasteiger partial charge in [-0.05, 0) is 120 Å². The minimum absolute atomic E-state index is 0.0152. The molecule has 346 valence electrons. The van der Waals surface area contributed by atoms with Crippen LogP contribution in [0.15, 0.2) is 0 Å². The van der Waals surface area contributed by atoms with Gasteiger partial charge in [0, 0.05) is 85.9 Å². The zero-order valence-electron chi connectivity index (χ0n) is 39.7. The minimum Gasteiger partial charge on any atom is -0.481 e. The van der Waals surface area contributed by atoms with Gasteiger partial charge in [0.15, 0.2) is 0 Å². The third-order valence-electron chi connectivity index (χ3n) is 13.1. The molecule has 12 heteroatoms. The Hall–Kier alpha value is -3.18. The number of carbonyl (C=O) groups excluding carboxylic acids is 4. The largest absolute Gasteiger partial charge is 0.481 e. The number of rotatable bonds is 27. The predicted molar refractivity (Wildman–Crippen MR) is 238 cm³/mol. The number of likely N-dealkylation sites (tertiary alicyclic amines) is 2. The van der Waals surface area contributed by atoms with Gasteiger partial charge < -0.3 is 29.8 Å². The highest BCUT2D eigenvalue weighted by Crippen LogP contribution is 2.42. The van der Waals surface area contributed by atoms with Crippen molar-refractivity contribution in [2.45, 2.75) is 258 Å². The van der Waals surface area contributed by atoms with Crippen molar-refractivity contribution in [2.75, 3.05) is 13.1 Å². The molecule has 60 heavy (non-hydrogen) atoms. The summed E-state index contributed by atoms with van der Waals surface area (Å²) in [4.78, 5) is 84.4. The van der Waals surface area contributed by atoms with Crippen molar-refractivity contribution in [1.82, 2.24) is 19.6 Å². The second-order valence-corrected chi connectivity index (χ2v) is 20.5. The molecule has 2 aliphatic heterocycles. The summed E-state index contributed by atoms with van der Waals surface area (Å²) >= 11 is 0. The van der Waals surface area contributed by atoms with E-state index in [1.807, 2.05) is 23.6 Å². The number of carboxylic acids is 2. The lowest BCUT2D eigenvalue weighted by Crippen LogP contribution is -2.66. The van der Waals surface area contributed by atoms with Crippen LogP contribution < -0.4 is 0 Å². The summed E-state index contributed by atoms with van der Waals surface area (Å²) in [6.07, 6.45) is 16.8. The maximum absolute atomic E-state index is 14.0. The summed E-state index contributed by atoms with van der Waals surface area (Å²) in [6.45, 7) is 22.1. The lowest BCUT2D eigenvalue weighted by molar-refractivity contribution is -0.157. The summed E-state index contributed by atoms with van der Waals surface area (Å²) in [5.74, 6) is -0.954. The van der Waals surface area contributed by atoms with E-state index in [0.29, 0.717) is 51.6 Å². The van der Waals surface area contributed by atoms with Gasteiger partial charge in [0.25, 0.3) is 0 Å².